The summed E-state index contributed by atoms with van der Waals surface area (Å²) in [4.78, 5) is 28.6. The molecule has 2 aliphatic rings. The summed E-state index contributed by atoms with van der Waals surface area (Å²) in [7, 11) is 0. The number of hydrogen-bond donors (Lipinski definition) is 1. The van der Waals surface area contributed by atoms with Crippen LogP contribution in [0, 0.1) is 5.92 Å². The number of piperidine rings is 2. The largest absolute Gasteiger partial charge is 0.467 e. The van der Waals surface area contributed by atoms with Gasteiger partial charge in [0.05, 0.1) is 12.8 Å². The molecule has 2 aliphatic heterocycles. The van der Waals surface area contributed by atoms with E-state index in [9.17, 15) is 9.59 Å². The van der Waals surface area contributed by atoms with Gasteiger partial charge in [0.1, 0.15) is 5.76 Å². The number of nitrogens with one attached hydrogen (secondary N) is 1. The standard InChI is InChI=1S/C19H29N3O3/c1-2-18(23)22-11-7-16(8-12-22)21-9-5-15(6-10-21)19(24)20-14-17-4-3-13-25-17/h3-4,13,15-16H,2,5-12,14H2,1H3,(H,20,24). The summed E-state index contributed by atoms with van der Waals surface area (Å²) in [5.74, 6) is 1.30. The fourth-order valence-corrected chi connectivity index (χ4v) is 3.96. The average molecular weight is 347 g/mol. The first-order chi connectivity index (χ1) is 12.2. The number of amides is 2. The molecule has 0 aromatic carbocycles. The Morgan fingerprint density at radius 3 is 2.48 bits per heavy atom. The molecule has 138 valence electrons. The minimum atomic E-state index is 0.105. The molecule has 25 heavy (non-hydrogen) atoms. The second-order valence-electron chi connectivity index (χ2n) is 7.07. The van der Waals surface area contributed by atoms with E-state index in [-0.39, 0.29) is 17.7 Å². The molecular weight excluding hydrogens is 318 g/mol. The number of rotatable bonds is 5. The summed E-state index contributed by atoms with van der Waals surface area (Å²) in [5, 5.41) is 2.98. The molecule has 1 aromatic rings. The summed E-state index contributed by atoms with van der Waals surface area (Å²) >= 11 is 0. The van der Waals surface area contributed by atoms with Crippen molar-refractivity contribution in [3.63, 3.8) is 0 Å². The Hall–Kier alpha value is -1.82. The normalized spacial score (nSPS) is 20.6. The minimum absolute atomic E-state index is 0.105. The quantitative estimate of drug-likeness (QED) is 0.885. The molecule has 1 aromatic heterocycles. The third-order valence-corrected chi connectivity index (χ3v) is 5.55. The first-order valence-electron chi connectivity index (χ1n) is 9.49. The van der Waals surface area contributed by atoms with Gasteiger partial charge in [-0.2, -0.15) is 0 Å². The fraction of sp³-hybridized carbons (Fsp3) is 0.684. The molecule has 1 N–H and O–H groups in total. The van der Waals surface area contributed by atoms with E-state index < -0.39 is 0 Å². The second-order valence-corrected chi connectivity index (χ2v) is 7.07. The molecule has 2 saturated heterocycles. The van der Waals surface area contributed by atoms with Crippen molar-refractivity contribution in [1.29, 1.82) is 0 Å². The lowest BCUT2D eigenvalue weighted by Crippen LogP contribution is -2.50. The molecular formula is C19H29N3O3. The van der Waals surface area contributed by atoms with Gasteiger partial charge in [-0.05, 0) is 50.9 Å². The Balaban J connectivity index is 1.38. The third-order valence-electron chi connectivity index (χ3n) is 5.55. The van der Waals surface area contributed by atoms with Crippen molar-refractivity contribution in [2.45, 2.75) is 51.6 Å². The van der Waals surface area contributed by atoms with Crippen LogP contribution in [-0.2, 0) is 16.1 Å². The van der Waals surface area contributed by atoms with Gasteiger partial charge in [0.15, 0.2) is 0 Å². The van der Waals surface area contributed by atoms with E-state index >= 15 is 0 Å². The fourth-order valence-electron chi connectivity index (χ4n) is 3.96. The van der Waals surface area contributed by atoms with E-state index in [0.717, 1.165) is 57.6 Å². The predicted molar refractivity (Wildman–Crippen MR) is 94.7 cm³/mol. The van der Waals surface area contributed by atoms with Gasteiger partial charge in [-0.3, -0.25) is 9.59 Å². The molecule has 2 fully saturated rings. The smallest absolute Gasteiger partial charge is 0.223 e. The number of carbonyl (C=O) groups excluding carboxylic acids is 2. The maximum atomic E-state index is 12.3. The van der Waals surface area contributed by atoms with Crippen molar-refractivity contribution < 1.29 is 14.0 Å². The summed E-state index contributed by atoms with van der Waals surface area (Å²) in [5.41, 5.74) is 0. The molecule has 0 radical (unpaired) electrons. The molecule has 0 bridgehead atoms. The number of carbonyl (C=O) groups is 2. The van der Waals surface area contributed by atoms with Crippen LogP contribution in [0.5, 0.6) is 0 Å². The van der Waals surface area contributed by atoms with Gasteiger partial charge in [0, 0.05) is 31.5 Å². The first-order valence-corrected chi connectivity index (χ1v) is 9.49. The highest BCUT2D eigenvalue weighted by atomic mass is 16.3. The zero-order valence-corrected chi connectivity index (χ0v) is 15.1. The van der Waals surface area contributed by atoms with Crippen LogP contribution in [0.1, 0.15) is 44.8 Å². The molecule has 0 unspecified atom stereocenters. The number of furan rings is 1. The predicted octanol–water partition coefficient (Wildman–Crippen LogP) is 2.01. The molecule has 3 rings (SSSR count). The van der Waals surface area contributed by atoms with Gasteiger partial charge >= 0.3 is 0 Å². The highest BCUT2D eigenvalue weighted by Gasteiger charge is 2.31. The summed E-state index contributed by atoms with van der Waals surface area (Å²) < 4.78 is 5.25. The van der Waals surface area contributed by atoms with Gasteiger partial charge in [0.25, 0.3) is 0 Å². The monoisotopic (exact) mass is 347 g/mol. The topological polar surface area (TPSA) is 65.8 Å². The number of hydrogen-bond acceptors (Lipinski definition) is 4. The SMILES string of the molecule is CCC(=O)N1CCC(N2CCC(C(=O)NCc3ccco3)CC2)CC1. The van der Waals surface area contributed by atoms with Crippen molar-refractivity contribution in [3.05, 3.63) is 24.2 Å². The molecule has 0 aliphatic carbocycles. The molecule has 3 heterocycles. The zero-order valence-electron chi connectivity index (χ0n) is 15.1. The Bertz CT molecular complexity index is 556. The first kappa shape index (κ1) is 18.0. The van der Waals surface area contributed by atoms with Crippen LogP contribution in [0.4, 0.5) is 0 Å². The van der Waals surface area contributed by atoms with Crippen molar-refractivity contribution in [3.8, 4) is 0 Å². The lowest BCUT2D eigenvalue weighted by Gasteiger charge is -2.41. The van der Waals surface area contributed by atoms with Crippen molar-refractivity contribution in [2.24, 2.45) is 5.92 Å². The van der Waals surface area contributed by atoms with Crippen LogP contribution in [0.3, 0.4) is 0 Å². The van der Waals surface area contributed by atoms with Gasteiger partial charge < -0.3 is 19.5 Å². The maximum Gasteiger partial charge on any atom is 0.223 e. The van der Waals surface area contributed by atoms with Crippen LogP contribution in [0.2, 0.25) is 0 Å². The van der Waals surface area contributed by atoms with E-state index in [1.807, 2.05) is 24.0 Å². The van der Waals surface area contributed by atoms with Crippen LogP contribution in [-0.4, -0.2) is 53.8 Å². The summed E-state index contributed by atoms with van der Waals surface area (Å²) in [6, 6.07) is 4.27. The zero-order chi connectivity index (χ0) is 17.6. The van der Waals surface area contributed by atoms with Gasteiger partial charge in [-0.25, -0.2) is 0 Å². The van der Waals surface area contributed by atoms with Crippen molar-refractivity contribution in [2.75, 3.05) is 26.2 Å². The van der Waals surface area contributed by atoms with E-state index in [1.54, 1.807) is 6.26 Å². The van der Waals surface area contributed by atoms with Crippen LogP contribution in [0.15, 0.2) is 22.8 Å². The van der Waals surface area contributed by atoms with Crippen molar-refractivity contribution >= 4 is 11.8 Å². The summed E-state index contributed by atoms with van der Waals surface area (Å²) in [6.07, 6.45) is 6.17. The highest BCUT2D eigenvalue weighted by Crippen LogP contribution is 2.24. The minimum Gasteiger partial charge on any atom is -0.467 e. The maximum absolute atomic E-state index is 12.3. The molecule has 0 saturated carbocycles. The van der Waals surface area contributed by atoms with E-state index in [0.29, 0.717) is 19.0 Å². The van der Waals surface area contributed by atoms with Crippen LogP contribution in [0.25, 0.3) is 0 Å². The lowest BCUT2D eigenvalue weighted by molar-refractivity contribution is -0.133. The Morgan fingerprint density at radius 2 is 1.88 bits per heavy atom. The van der Waals surface area contributed by atoms with E-state index in [2.05, 4.69) is 10.2 Å². The third kappa shape index (κ3) is 4.63. The lowest BCUT2D eigenvalue weighted by atomic mass is 9.92. The van der Waals surface area contributed by atoms with Gasteiger partial charge in [0.2, 0.25) is 11.8 Å². The highest BCUT2D eigenvalue weighted by molar-refractivity contribution is 5.78. The van der Waals surface area contributed by atoms with Crippen molar-refractivity contribution in [1.82, 2.24) is 15.1 Å². The Morgan fingerprint density at radius 1 is 1.16 bits per heavy atom. The van der Waals surface area contributed by atoms with Gasteiger partial charge in [-0.15, -0.1) is 0 Å². The molecule has 0 spiro atoms. The summed E-state index contributed by atoms with van der Waals surface area (Å²) in [6.45, 7) is 6.10. The van der Waals surface area contributed by atoms with Gasteiger partial charge in [-0.1, -0.05) is 6.92 Å². The molecule has 2 amide bonds. The Labute approximate surface area is 149 Å². The van der Waals surface area contributed by atoms with Crippen LogP contribution < -0.4 is 5.32 Å². The Kier molecular flexibility index (Phi) is 6.13. The second kappa shape index (κ2) is 8.52. The van der Waals surface area contributed by atoms with E-state index in [1.165, 1.54) is 0 Å². The molecule has 6 nitrogen and oxygen atoms in total. The van der Waals surface area contributed by atoms with E-state index in [4.69, 9.17) is 4.42 Å². The van der Waals surface area contributed by atoms with Crippen LogP contribution >= 0.6 is 0 Å². The average Bonchev–Trinajstić information content (AvgIpc) is 3.19. The number of nitrogens with zero attached hydrogens (tertiary/aromatic N) is 2. The molecule has 0 atom stereocenters. The number of likely N-dealkylation sites (tertiary alicyclic amines) is 2. The molecule has 6 heteroatoms.